The average molecular weight is 479 g/mol. The molecule has 0 aliphatic rings. The molecule has 0 aromatic heterocycles. The van der Waals surface area contributed by atoms with Crippen LogP contribution in [0.1, 0.15) is 53.0 Å². The second-order valence-electron chi connectivity index (χ2n) is 7.43. The van der Waals surface area contributed by atoms with Crippen LogP contribution in [0, 0.1) is 0 Å². The zero-order chi connectivity index (χ0) is 25.6. The molecule has 0 spiro atoms. The maximum atomic E-state index is 9.28. The Kier molecular flexibility index (Phi) is 20.8. The highest BCUT2D eigenvalue weighted by molar-refractivity contribution is 5.33. The van der Waals surface area contributed by atoms with Gasteiger partial charge in [-0.1, -0.05) is 114 Å². The number of hydrogen-bond donors (Lipinski definition) is 4. The van der Waals surface area contributed by atoms with Crippen LogP contribution in [0.4, 0.5) is 0 Å². The van der Waals surface area contributed by atoms with Crippen molar-refractivity contribution in [1.82, 2.24) is 0 Å². The fourth-order valence-electron chi connectivity index (χ4n) is 2.26. The maximum Gasteiger partial charge on any atom is 0.119 e. The Morgan fingerprint density at radius 1 is 0.486 bits per heavy atom. The summed E-state index contributed by atoms with van der Waals surface area (Å²) >= 11 is 0. The monoisotopic (exact) mass is 478 g/mol. The van der Waals surface area contributed by atoms with Crippen molar-refractivity contribution in [1.29, 1.82) is 0 Å². The Hall–Kier alpha value is -3.92. The summed E-state index contributed by atoms with van der Waals surface area (Å²) in [6.07, 6.45) is 1.25. The lowest BCUT2D eigenvalue weighted by atomic mass is 10.0. The van der Waals surface area contributed by atoms with E-state index < -0.39 is 0 Å². The smallest absolute Gasteiger partial charge is 0.119 e. The van der Waals surface area contributed by atoms with E-state index in [0.29, 0.717) is 28.9 Å². The van der Waals surface area contributed by atoms with Crippen molar-refractivity contribution in [2.45, 2.75) is 47.5 Å². The number of phenolic OH excluding ortho intramolecular Hbond substituents is 4. The summed E-state index contributed by atoms with van der Waals surface area (Å²) in [5, 5.41) is 35.2. The standard InChI is InChI=1S/C9H12O.3C6H6O.C3H8.CH4/c1-7(2)8-5-3-4-6-9(8)10;3*7-6-4-2-1-3-5-6;1-3-2;/h3-7,10H,1-2H3;3*1-5,7H;3H2,1-2H3;1H4. The van der Waals surface area contributed by atoms with Gasteiger partial charge in [0.25, 0.3) is 0 Å². The van der Waals surface area contributed by atoms with Gasteiger partial charge in [-0.25, -0.2) is 0 Å². The first-order valence-corrected chi connectivity index (χ1v) is 11.3. The van der Waals surface area contributed by atoms with Gasteiger partial charge in [-0.05, 0) is 53.9 Å². The van der Waals surface area contributed by atoms with E-state index in [-0.39, 0.29) is 7.43 Å². The summed E-state index contributed by atoms with van der Waals surface area (Å²) < 4.78 is 0. The van der Waals surface area contributed by atoms with Crippen molar-refractivity contribution in [2.75, 3.05) is 0 Å². The van der Waals surface area contributed by atoms with Crippen LogP contribution >= 0.6 is 0 Å². The second kappa shape index (κ2) is 21.9. The summed E-state index contributed by atoms with van der Waals surface area (Å²) in [6.45, 7) is 8.38. The molecule has 35 heavy (non-hydrogen) atoms. The average Bonchev–Trinajstić information content (AvgIpc) is 2.83. The molecule has 0 atom stereocenters. The third-order valence-electron chi connectivity index (χ3n) is 3.83. The van der Waals surface area contributed by atoms with E-state index in [1.807, 2.05) is 36.4 Å². The molecule has 4 aromatic rings. The van der Waals surface area contributed by atoms with Gasteiger partial charge in [-0.15, -0.1) is 0 Å². The van der Waals surface area contributed by atoms with Crippen molar-refractivity contribution >= 4 is 0 Å². The molecule has 0 saturated carbocycles. The Bertz CT molecular complexity index is 867. The van der Waals surface area contributed by atoms with Crippen molar-refractivity contribution in [3.8, 4) is 23.0 Å². The minimum atomic E-state index is 0. The summed E-state index contributed by atoms with van der Waals surface area (Å²) in [4.78, 5) is 0. The van der Waals surface area contributed by atoms with E-state index in [9.17, 15) is 5.11 Å². The number of rotatable bonds is 1. The Labute approximate surface area is 211 Å². The Balaban J connectivity index is 0. The van der Waals surface area contributed by atoms with Crippen LogP contribution in [0.15, 0.2) is 115 Å². The first kappa shape index (κ1) is 33.3. The largest absolute Gasteiger partial charge is 0.508 e. The zero-order valence-corrected chi connectivity index (χ0v) is 20.5. The molecule has 4 rings (SSSR count). The van der Waals surface area contributed by atoms with E-state index in [4.69, 9.17) is 15.3 Å². The van der Waals surface area contributed by atoms with Crippen LogP contribution in [0.5, 0.6) is 23.0 Å². The van der Waals surface area contributed by atoms with Crippen LogP contribution in [0.2, 0.25) is 0 Å². The predicted octanol–water partition coefficient (Wildman–Crippen LogP) is 8.74. The Morgan fingerprint density at radius 3 is 0.914 bits per heavy atom. The number of hydrogen-bond acceptors (Lipinski definition) is 4. The van der Waals surface area contributed by atoms with Crippen LogP contribution in [-0.4, -0.2) is 20.4 Å². The van der Waals surface area contributed by atoms with Gasteiger partial charge in [-0.3, -0.25) is 0 Å². The first-order valence-electron chi connectivity index (χ1n) is 11.3. The molecule has 190 valence electrons. The van der Waals surface area contributed by atoms with E-state index in [1.54, 1.807) is 78.9 Å². The van der Waals surface area contributed by atoms with Gasteiger partial charge >= 0.3 is 0 Å². The summed E-state index contributed by atoms with van der Waals surface area (Å²) in [7, 11) is 0. The van der Waals surface area contributed by atoms with E-state index in [1.165, 1.54) is 6.42 Å². The summed E-state index contributed by atoms with van der Waals surface area (Å²) in [6, 6.07) is 33.6. The maximum absolute atomic E-state index is 9.28. The first-order chi connectivity index (χ1) is 16.3. The normalized spacial score (nSPS) is 8.60. The number of benzene rings is 4. The third-order valence-corrected chi connectivity index (χ3v) is 3.83. The van der Waals surface area contributed by atoms with Gasteiger partial charge in [-0.2, -0.15) is 0 Å². The van der Waals surface area contributed by atoms with E-state index in [2.05, 4.69) is 27.7 Å². The number of aromatic hydroxyl groups is 4. The molecule has 0 radical (unpaired) electrons. The molecule has 0 saturated heterocycles. The second-order valence-corrected chi connectivity index (χ2v) is 7.43. The molecular formula is C31H42O4. The molecule has 0 heterocycles. The highest BCUT2D eigenvalue weighted by atomic mass is 16.3. The van der Waals surface area contributed by atoms with Gasteiger partial charge in [0.2, 0.25) is 0 Å². The molecule has 0 amide bonds. The molecule has 0 fully saturated rings. The molecular weight excluding hydrogens is 436 g/mol. The predicted molar refractivity (Wildman–Crippen MR) is 149 cm³/mol. The van der Waals surface area contributed by atoms with Crippen LogP contribution in [0.25, 0.3) is 0 Å². The zero-order valence-electron chi connectivity index (χ0n) is 20.5. The van der Waals surface area contributed by atoms with Gasteiger partial charge in [0.05, 0.1) is 0 Å². The van der Waals surface area contributed by atoms with Crippen molar-refractivity contribution < 1.29 is 20.4 Å². The molecule has 4 heteroatoms. The molecule has 0 aliphatic carbocycles. The van der Waals surface area contributed by atoms with E-state index in [0.717, 1.165) is 5.56 Å². The molecule has 0 unspecified atom stereocenters. The van der Waals surface area contributed by atoms with Crippen molar-refractivity contribution in [3.05, 3.63) is 121 Å². The lowest BCUT2D eigenvalue weighted by molar-refractivity contribution is 0.465. The molecule has 4 nitrogen and oxygen atoms in total. The molecule has 4 N–H and O–H groups in total. The van der Waals surface area contributed by atoms with Crippen LogP contribution < -0.4 is 0 Å². The Morgan fingerprint density at radius 2 is 0.743 bits per heavy atom. The third kappa shape index (κ3) is 19.3. The summed E-state index contributed by atoms with van der Waals surface area (Å²) in [5.74, 6) is 1.77. The van der Waals surface area contributed by atoms with Gasteiger partial charge < -0.3 is 20.4 Å². The number of para-hydroxylation sites is 4. The highest BCUT2D eigenvalue weighted by Gasteiger charge is 2.02. The van der Waals surface area contributed by atoms with Gasteiger partial charge in [0.15, 0.2) is 0 Å². The summed E-state index contributed by atoms with van der Waals surface area (Å²) in [5.41, 5.74) is 1.02. The van der Waals surface area contributed by atoms with Crippen LogP contribution in [-0.2, 0) is 0 Å². The SMILES string of the molecule is C.CC(C)c1ccccc1O.CCC.Oc1ccccc1.Oc1ccccc1.Oc1ccccc1. The van der Waals surface area contributed by atoms with Crippen molar-refractivity contribution in [2.24, 2.45) is 0 Å². The van der Waals surface area contributed by atoms with Gasteiger partial charge in [0.1, 0.15) is 23.0 Å². The highest BCUT2D eigenvalue weighted by Crippen LogP contribution is 2.23. The quantitative estimate of drug-likeness (QED) is 0.220. The van der Waals surface area contributed by atoms with Gasteiger partial charge in [0, 0.05) is 0 Å². The number of phenols is 4. The fraction of sp³-hybridized carbons (Fsp3) is 0.226. The van der Waals surface area contributed by atoms with Crippen molar-refractivity contribution in [3.63, 3.8) is 0 Å². The minimum Gasteiger partial charge on any atom is -0.508 e. The lowest BCUT2D eigenvalue weighted by Crippen LogP contribution is -1.85. The fourth-order valence-corrected chi connectivity index (χ4v) is 2.26. The molecule has 0 bridgehead atoms. The molecule has 4 aromatic carbocycles. The van der Waals surface area contributed by atoms with Crippen LogP contribution in [0.3, 0.4) is 0 Å². The lowest BCUT2D eigenvalue weighted by Gasteiger charge is -2.05. The topological polar surface area (TPSA) is 80.9 Å². The molecule has 0 aliphatic heterocycles. The minimum absolute atomic E-state index is 0. The van der Waals surface area contributed by atoms with E-state index >= 15 is 0 Å².